The minimum Gasteiger partial charge on any atom is -0.356 e. The average molecular weight is 348 g/mol. The molecule has 1 saturated heterocycles. The molecule has 0 aromatic carbocycles. The summed E-state index contributed by atoms with van der Waals surface area (Å²) in [6.07, 6.45) is 8.06. The number of aliphatic imine (C=N–C) groups is 1. The van der Waals surface area contributed by atoms with Crippen molar-refractivity contribution in [2.75, 3.05) is 27.2 Å². The Bertz CT molecular complexity index is 636. The van der Waals surface area contributed by atoms with Gasteiger partial charge in [0.1, 0.15) is 0 Å². The summed E-state index contributed by atoms with van der Waals surface area (Å²) in [5.74, 6) is 0.710. The van der Waals surface area contributed by atoms with Gasteiger partial charge in [-0.1, -0.05) is 19.3 Å². The molecule has 0 radical (unpaired) electrons. The van der Waals surface area contributed by atoms with Gasteiger partial charge in [0.15, 0.2) is 0 Å². The summed E-state index contributed by atoms with van der Waals surface area (Å²) < 4.78 is 1.73. The van der Waals surface area contributed by atoms with Gasteiger partial charge >= 0.3 is 6.03 Å². The van der Waals surface area contributed by atoms with E-state index in [0.29, 0.717) is 24.7 Å². The number of rotatable bonds is 5. The van der Waals surface area contributed by atoms with Gasteiger partial charge < -0.3 is 5.32 Å². The van der Waals surface area contributed by atoms with Crippen molar-refractivity contribution in [2.45, 2.75) is 44.6 Å². The Morgan fingerprint density at radius 1 is 1.24 bits per heavy atom. The van der Waals surface area contributed by atoms with Crippen molar-refractivity contribution in [1.29, 1.82) is 0 Å². The van der Waals surface area contributed by atoms with Crippen LogP contribution in [-0.4, -0.2) is 77.6 Å². The van der Waals surface area contributed by atoms with Crippen molar-refractivity contribution in [2.24, 2.45) is 10.9 Å². The third-order valence-corrected chi connectivity index (χ3v) is 5.31. The molecule has 1 unspecified atom stereocenters. The molecule has 2 fully saturated rings. The van der Waals surface area contributed by atoms with Crippen LogP contribution in [0.15, 0.2) is 4.99 Å². The lowest BCUT2D eigenvalue weighted by Crippen LogP contribution is -2.61. The van der Waals surface area contributed by atoms with E-state index >= 15 is 0 Å². The zero-order chi connectivity index (χ0) is 18.0. The highest BCUT2D eigenvalue weighted by Gasteiger charge is 2.50. The second kappa shape index (κ2) is 7.33. The molecule has 0 spiro atoms. The maximum absolute atomic E-state index is 12.4. The molecule has 136 valence electrons. The number of nitrogens with zero attached hydrogens (tertiary/aromatic N) is 4. The maximum atomic E-state index is 12.4. The van der Waals surface area contributed by atoms with Crippen molar-refractivity contribution in [3.05, 3.63) is 0 Å². The fourth-order valence-corrected chi connectivity index (χ4v) is 3.70. The number of urea groups is 1. The van der Waals surface area contributed by atoms with Gasteiger partial charge in [-0.25, -0.2) is 9.37 Å². The molecule has 1 saturated carbocycles. The van der Waals surface area contributed by atoms with E-state index in [9.17, 15) is 14.4 Å². The van der Waals surface area contributed by atoms with Crippen molar-refractivity contribution in [1.82, 2.24) is 15.1 Å². The van der Waals surface area contributed by atoms with E-state index in [1.54, 1.807) is 18.0 Å². The van der Waals surface area contributed by atoms with Crippen LogP contribution in [0, 0.1) is 5.92 Å². The van der Waals surface area contributed by atoms with Gasteiger partial charge in [0.05, 0.1) is 13.0 Å². The molecular weight excluding hydrogens is 322 g/mol. The summed E-state index contributed by atoms with van der Waals surface area (Å²) in [7, 11) is 3.07. The van der Waals surface area contributed by atoms with Crippen LogP contribution in [-0.2, 0) is 9.59 Å². The van der Waals surface area contributed by atoms with Gasteiger partial charge in [0.2, 0.25) is 5.91 Å². The third-order valence-electron chi connectivity index (χ3n) is 5.31. The predicted octanol–water partition coefficient (Wildman–Crippen LogP) is 0.418. The van der Waals surface area contributed by atoms with Gasteiger partial charge in [-0.2, -0.15) is 0 Å². The minimum absolute atomic E-state index is 0.00605. The zero-order valence-corrected chi connectivity index (χ0v) is 14.9. The summed E-state index contributed by atoms with van der Waals surface area (Å²) in [5.41, 5.74) is 0. The SMILES string of the molecule is CN1C(=O)C2C(=NC=[N+]2CCC(=O)NCC2CCCCC2)N(C)C1=O. The summed E-state index contributed by atoms with van der Waals surface area (Å²) >= 11 is 0. The highest BCUT2D eigenvalue weighted by atomic mass is 16.2. The number of hydrogen-bond donors (Lipinski definition) is 1. The second-order valence-corrected chi connectivity index (χ2v) is 7.04. The lowest BCUT2D eigenvalue weighted by atomic mass is 9.89. The van der Waals surface area contributed by atoms with Crippen LogP contribution in [0.1, 0.15) is 38.5 Å². The van der Waals surface area contributed by atoms with Crippen LogP contribution in [0.3, 0.4) is 0 Å². The van der Waals surface area contributed by atoms with Crippen molar-refractivity contribution < 1.29 is 19.0 Å². The van der Waals surface area contributed by atoms with Crippen LogP contribution < -0.4 is 5.32 Å². The topological polar surface area (TPSA) is 85.1 Å². The number of likely N-dealkylation sites (N-methyl/N-ethyl adjacent to an activating group) is 2. The Morgan fingerprint density at radius 2 is 1.96 bits per heavy atom. The maximum Gasteiger partial charge on any atom is 0.333 e. The summed E-state index contributed by atoms with van der Waals surface area (Å²) in [6, 6.07) is -1.00. The molecule has 8 heteroatoms. The fourth-order valence-electron chi connectivity index (χ4n) is 3.70. The van der Waals surface area contributed by atoms with Gasteiger partial charge in [0.25, 0.3) is 24.1 Å². The molecule has 2 aliphatic heterocycles. The number of carbonyl (C=O) groups excluding carboxylic acids is 3. The molecule has 1 atom stereocenters. The van der Waals surface area contributed by atoms with E-state index < -0.39 is 6.04 Å². The molecule has 4 amide bonds. The van der Waals surface area contributed by atoms with E-state index in [1.807, 2.05) is 0 Å². The van der Waals surface area contributed by atoms with E-state index in [-0.39, 0.29) is 17.8 Å². The lowest BCUT2D eigenvalue weighted by molar-refractivity contribution is -0.530. The predicted molar refractivity (Wildman–Crippen MR) is 92.5 cm³/mol. The first-order chi connectivity index (χ1) is 12.0. The summed E-state index contributed by atoms with van der Waals surface area (Å²) in [5, 5.41) is 3.01. The van der Waals surface area contributed by atoms with Gasteiger partial charge in [-0.3, -0.25) is 19.4 Å². The number of fused-ring (bicyclic) bond motifs is 1. The minimum atomic E-state index is -0.612. The van der Waals surface area contributed by atoms with Crippen LogP contribution in [0.2, 0.25) is 0 Å². The number of nitrogens with one attached hydrogen (secondary N) is 1. The molecule has 1 aliphatic carbocycles. The molecule has 0 aromatic heterocycles. The smallest absolute Gasteiger partial charge is 0.333 e. The van der Waals surface area contributed by atoms with Crippen LogP contribution in [0.25, 0.3) is 0 Å². The molecule has 3 aliphatic rings. The van der Waals surface area contributed by atoms with Crippen LogP contribution in [0.5, 0.6) is 0 Å². The van der Waals surface area contributed by atoms with Crippen molar-refractivity contribution >= 4 is 30.0 Å². The Kier molecular flexibility index (Phi) is 5.15. The third kappa shape index (κ3) is 3.57. The number of amidine groups is 1. The number of carbonyl (C=O) groups is 3. The molecule has 1 N–H and O–H groups in total. The summed E-state index contributed by atoms with van der Waals surface area (Å²) in [6.45, 7) is 1.14. The Labute approximate surface area is 147 Å². The van der Waals surface area contributed by atoms with Crippen LogP contribution >= 0.6 is 0 Å². The first-order valence-electron chi connectivity index (χ1n) is 8.97. The van der Waals surface area contributed by atoms with Crippen molar-refractivity contribution in [3.63, 3.8) is 0 Å². The highest BCUT2D eigenvalue weighted by molar-refractivity contribution is 6.21. The first-order valence-corrected chi connectivity index (χ1v) is 8.97. The molecule has 25 heavy (non-hydrogen) atoms. The summed E-state index contributed by atoms with van der Waals surface area (Å²) in [4.78, 5) is 43.1. The Morgan fingerprint density at radius 3 is 2.68 bits per heavy atom. The molecule has 0 bridgehead atoms. The second-order valence-electron chi connectivity index (χ2n) is 7.04. The average Bonchev–Trinajstić information content (AvgIpc) is 3.06. The number of amides is 4. The number of imide groups is 1. The van der Waals surface area contributed by atoms with Crippen LogP contribution in [0.4, 0.5) is 4.79 Å². The quantitative estimate of drug-likeness (QED) is 0.731. The largest absolute Gasteiger partial charge is 0.356 e. The van der Waals surface area contributed by atoms with E-state index in [4.69, 9.17) is 0 Å². The zero-order valence-electron chi connectivity index (χ0n) is 14.9. The normalized spacial score (nSPS) is 24.2. The first kappa shape index (κ1) is 17.6. The van der Waals surface area contributed by atoms with E-state index in [2.05, 4.69) is 10.3 Å². The Balaban J connectivity index is 1.50. The highest BCUT2D eigenvalue weighted by Crippen LogP contribution is 2.22. The van der Waals surface area contributed by atoms with E-state index in [0.717, 1.165) is 11.4 Å². The van der Waals surface area contributed by atoms with Gasteiger partial charge in [0, 0.05) is 20.6 Å². The lowest BCUT2D eigenvalue weighted by Gasteiger charge is -2.30. The fraction of sp³-hybridized carbons (Fsp3) is 0.706. The van der Waals surface area contributed by atoms with Gasteiger partial charge in [-0.15, -0.1) is 0 Å². The van der Waals surface area contributed by atoms with Crippen molar-refractivity contribution in [3.8, 4) is 0 Å². The molecular formula is C17H26N5O3+. The molecule has 3 rings (SSSR count). The monoisotopic (exact) mass is 348 g/mol. The molecule has 8 nitrogen and oxygen atoms in total. The Hall–Kier alpha value is -2.25. The molecule has 0 aromatic rings. The van der Waals surface area contributed by atoms with Gasteiger partial charge in [-0.05, 0) is 23.8 Å². The molecule has 2 heterocycles. The van der Waals surface area contributed by atoms with E-state index in [1.165, 1.54) is 44.1 Å². The number of hydrogen-bond acceptors (Lipinski definition) is 4. The standard InChI is InChI=1S/C17H25N5O3/c1-20-15-14(16(24)21(2)17(20)25)22(11-19-15)9-8-13(23)18-10-12-6-4-3-5-7-12/h11-12,14H,3-10H2,1-2H3/p+1.